The number of phenols is 2. The van der Waals surface area contributed by atoms with Crippen molar-refractivity contribution in [3.8, 4) is 22.6 Å². The Morgan fingerprint density at radius 1 is 0.500 bits per heavy atom. The van der Waals surface area contributed by atoms with Gasteiger partial charge in [-0.25, -0.2) is 0 Å². The number of hydrogen-bond donors (Lipinski definition) is 2. The van der Waals surface area contributed by atoms with Crippen molar-refractivity contribution < 1.29 is 10.2 Å². The molecule has 0 unspecified atom stereocenters. The maximum absolute atomic E-state index is 10.9. The molecule has 4 heteroatoms. The number of nitrogens with zero attached hydrogens (tertiary/aromatic N) is 2. The van der Waals surface area contributed by atoms with Crippen LogP contribution in [-0.2, 0) is 10.8 Å². The fourth-order valence-corrected chi connectivity index (χ4v) is 4.45. The number of hydrogen-bond acceptors (Lipinski definition) is 4. The van der Waals surface area contributed by atoms with E-state index in [0.717, 1.165) is 33.6 Å². The van der Waals surface area contributed by atoms with Crippen molar-refractivity contribution in [2.24, 2.45) is 9.98 Å². The zero-order valence-corrected chi connectivity index (χ0v) is 23.0. The maximum atomic E-state index is 10.9. The van der Waals surface area contributed by atoms with Gasteiger partial charge in [0.1, 0.15) is 11.5 Å². The van der Waals surface area contributed by atoms with Crippen LogP contribution in [0.3, 0.4) is 0 Å². The normalized spacial score (nSPS) is 12.5. The molecule has 0 bridgehead atoms. The molecule has 0 amide bonds. The van der Waals surface area contributed by atoms with Gasteiger partial charge in [0.25, 0.3) is 0 Å². The molecular formula is C34H36N2O2. The van der Waals surface area contributed by atoms with Crippen LogP contribution in [0.5, 0.6) is 11.5 Å². The molecule has 0 atom stereocenters. The molecule has 0 heterocycles. The number of aromatic hydroxyl groups is 2. The molecular weight excluding hydrogens is 468 g/mol. The minimum absolute atomic E-state index is 0.177. The molecule has 0 aliphatic carbocycles. The summed E-state index contributed by atoms with van der Waals surface area (Å²) in [5.41, 5.74) is 6.16. The van der Waals surface area contributed by atoms with E-state index >= 15 is 0 Å². The van der Waals surface area contributed by atoms with Gasteiger partial charge in [0.15, 0.2) is 0 Å². The van der Waals surface area contributed by atoms with Crippen molar-refractivity contribution in [2.45, 2.75) is 52.4 Å². The van der Waals surface area contributed by atoms with Gasteiger partial charge in [0.2, 0.25) is 0 Å². The van der Waals surface area contributed by atoms with E-state index in [1.165, 1.54) is 0 Å². The molecule has 4 nitrogen and oxygen atoms in total. The Morgan fingerprint density at radius 2 is 0.868 bits per heavy atom. The smallest absolute Gasteiger partial charge is 0.128 e. The highest BCUT2D eigenvalue weighted by atomic mass is 16.3. The lowest BCUT2D eigenvalue weighted by molar-refractivity contribution is 0.445. The molecule has 38 heavy (non-hydrogen) atoms. The number of para-hydroxylation sites is 4. The molecule has 0 fully saturated rings. The van der Waals surface area contributed by atoms with Crippen LogP contribution in [0.2, 0.25) is 0 Å². The van der Waals surface area contributed by atoms with Gasteiger partial charge >= 0.3 is 0 Å². The molecule has 2 N–H and O–H groups in total. The first-order valence-electron chi connectivity index (χ1n) is 12.9. The zero-order valence-electron chi connectivity index (χ0n) is 23.0. The summed E-state index contributed by atoms with van der Waals surface area (Å²) in [5, 5.41) is 21.7. The second-order valence-corrected chi connectivity index (χ2v) is 11.5. The van der Waals surface area contributed by atoms with E-state index in [0.29, 0.717) is 11.1 Å². The number of benzene rings is 4. The van der Waals surface area contributed by atoms with Crippen molar-refractivity contribution in [1.29, 1.82) is 0 Å². The Balaban J connectivity index is 1.72. The van der Waals surface area contributed by atoms with E-state index in [-0.39, 0.29) is 22.3 Å². The largest absolute Gasteiger partial charge is 0.507 e. The molecule has 4 aromatic carbocycles. The maximum Gasteiger partial charge on any atom is 0.128 e. The van der Waals surface area contributed by atoms with Gasteiger partial charge in [-0.05, 0) is 46.2 Å². The molecule has 194 valence electrons. The van der Waals surface area contributed by atoms with Crippen molar-refractivity contribution in [3.63, 3.8) is 0 Å². The molecule has 4 aromatic rings. The Kier molecular flexibility index (Phi) is 7.54. The van der Waals surface area contributed by atoms with Crippen molar-refractivity contribution in [2.75, 3.05) is 0 Å². The lowest BCUT2D eigenvalue weighted by Crippen LogP contribution is -2.11. The van der Waals surface area contributed by atoms with Gasteiger partial charge in [-0.1, -0.05) is 102 Å². The van der Waals surface area contributed by atoms with Gasteiger partial charge in [0.05, 0.1) is 11.4 Å². The molecule has 0 aromatic heterocycles. The van der Waals surface area contributed by atoms with Crippen LogP contribution in [0.1, 0.15) is 63.8 Å². The molecule has 0 saturated heterocycles. The Bertz CT molecular complexity index is 1390. The molecule has 4 rings (SSSR count). The lowest BCUT2D eigenvalue weighted by Gasteiger charge is -2.21. The molecule has 0 aliphatic heterocycles. The average Bonchev–Trinajstić information content (AvgIpc) is 2.86. The fraction of sp³-hybridized carbons (Fsp3) is 0.235. The third kappa shape index (κ3) is 5.86. The SMILES string of the molecule is CC(C)(C)c1cccc(C=Nc2ccccc2-c2ccccc2N=Cc2cccc(C(C)(C)C)c2O)c1O. The first-order chi connectivity index (χ1) is 18.0. The Morgan fingerprint density at radius 3 is 1.24 bits per heavy atom. The highest BCUT2D eigenvalue weighted by molar-refractivity contribution is 5.92. The van der Waals surface area contributed by atoms with Crippen LogP contribution >= 0.6 is 0 Å². The summed E-state index contributed by atoms with van der Waals surface area (Å²) in [6, 6.07) is 27.3. The number of aliphatic imine (C=N–C) groups is 2. The summed E-state index contributed by atoms with van der Waals surface area (Å²) >= 11 is 0. The summed E-state index contributed by atoms with van der Waals surface area (Å²) in [4.78, 5) is 9.54. The topological polar surface area (TPSA) is 65.2 Å². The van der Waals surface area contributed by atoms with E-state index in [9.17, 15) is 10.2 Å². The lowest BCUT2D eigenvalue weighted by atomic mass is 9.85. The molecule has 0 spiro atoms. The van der Waals surface area contributed by atoms with E-state index in [1.807, 2.05) is 84.9 Å². The zero-order chi connectivity index (χ0) is 27.5. The molecule has 0 saturated carbocycles. The fourth-order valence-electron chi connectivity index (χ4n) is 4.45. The van der Waals surface area contributed by atoms with E-state index in [1.54, 1.807) is 12.4 Å². The molecule has 0 aliphatic rings. The summed E-state index contributed by atoms with van der Waals surface area (Å²) in [6.07, 6.45) is 3.43. The van der Waals surface area contributed by atoms with Gasteiger partial charge in [-0.2, -0.15) is 0 Å². The van der Waals surface area contributed by atoms with Crippen LogP contribution in [-0.4, -0.2) is 22.6 Å². The summed E-state index contributed by atoms with van der Waals surface area (Å²) in [5.74, 6) is 0.507. The highest BCUT2D eigenvalue weighted by Gasteiger charge is 2.20. The summed E-state index contributed by atoms with van der Waals surface area (Å²) in [6.45, 7) is 12.5. The van der Waals surface area contributed by atoms with Gasteiger partial charge in [0, 0.05) is 34.7 Å². The third-order valence-corrected chi connectivity index (χ3v) is 6.53. The summed E-state index contributed by atoms with van der Waals surface area (Å²) < 4.78 is 0. The predicted molar refractivity (Wildman–Crippen MR) is 160 cm³/mol. The van der Waals surface area contributed by atoms with Gasteiger partial charge < -0.3 is 10.2 Å². The van der Waals surface area contributed by atoms with Crippen molar-refractivity contribution in [1.82, 2.24) is 0 Å². The van der Waals surface area contributed by atoms with Crippen LogP contribution in [0, 0.1) is 0 Å². The average molecular weight is 505 g/mol. The van der Waals surface area contributed by atoms with Crippen LogP contribution in [0.25, 0.3) is 11.1 Å². The monoisotopic (exact) mass is 504 g/mol. The summed E-state index contributed by atoms with van der Waals surface area (Å²) in [7, 11) is 0. The minimum Gasteiger partial charge on any atom is -0.507 e. The predicted octanol–water partition coefficient (Wildman–Crippen LogP) is 8.86. The highest BCUT2D eigenvalue weighted by Crippen LogP contribution is 2.38. The van der Waals surface area contributed by atoms with Gasteiger partial charge in [-0.3, -0.25) is 9.98 Å². The van der Waals surface area contributed by atoms with Crippen molar-refractivity contribution >= 4 is 23.8 Å². The van der Waals surface area contributed by atoms with Crippen LogP contribution in [0.15, 0.2) is 94.9 Å². The van der Waals surface area contributed by atoms with E-state index in [2.05, 4.69) is 41.5 Å². The minimum atomic E-state index is -0.177. The Labute approximate surface area is 226 Å². The van der Waals surface area contributed by atoms with Crippen molar-refractivity contribution in [3.05, 3.63) is 107 Å². The quantitative estimate of drug-likeness (QED) is 0.267. The van der Waals surface area contributed by atoms with E-state index in [4.69, 9.17) is 9.98 Å². The standard InChI is InChI=1S/C34H36N2O2/c1-33(2,3)27-17-11-13-23(31(27)37)21-35-29-19-9-7-15-25(29)26-16-8-10-20-30(26)36-22-24-14-12-18-28(32(24)38)34(4,5)6/h7-22,37-38H,1-6H3. The Hall–Kier alpha value is -4.18. The number of rotatable bonds is 5. The second-order valence-electron chi connectivity index (χ2n) is 11.5. The second kappa shape index (κ2) is 10.7. The molecule has 0 radical (unpaired) electrons. The van der Waals surface area contributed by atoms with Gasteiger partial charge in [-0.15, -0.1) is 0 Å². The van der Waals surface area contributed by atoms with E-state index < -0.39 is 0 Å². The third-order valence-electron chi connectivity index (χ3n) is 6.53. The van der Waals surface area contributed by atoms with Crippen LogP contribution in [0.4, 0.5) is 11.4 Å². The number of phenolic OH excluding ortho intramolecular Hbond substituents is 2. The first-order valence-corrected chi connectivity index (χ1v) is 12.9. The first kappa shape index (κ1) is 26.9. The van der Waals surface area contributed by atoms with Crippen LogP contribution < -0.4 is 0 Å².